The number of aliphatic hydroxyl groups excluding tert-OH is 1. The first-order valence-corrected chi connectivity index (χ1v) is 5.54. The summed E-state index contributed by atoms with van der Waals surface area (Å²) in [5, 5.41) is 10.9. The largest absolute Gasteiger partial charge is 0.385 e. The number of nitrogens with one attached hydrogen (secondary N) is 1. The van der Waals surface area contributed by atoms with E-state index in [4.69, 9.17) is 23.2 Å². The first kappa shape index (κ1) is 11.5. The number of hydrogen-bond acceptors (Lipinski definition) is 2. The van der Waals surface area contributed by atoms with E-state index >= 15 is 0 Å². The second kappa shape index (κ2) is 4.87. The molecule has 2 aromatic rings. The van der Waals surface area contributed by atoms with Crippen molar-refractivity contribution >= 4 is 23.2 Å². The standard InChI is InChI=1S/C11H10Cl2N2O/c12-8-3-1-2-7(10(8)13)6-9(16)11-14-4-5-15-11/h1-5,9,16H,6H2,(H,14,15). The summed E-state index contributed by atoms with van der Waals surface area (Å²) in [6.45, 7) is 0. The minimum Gasteiger partial charge on any atom is -0.385 e. The van der Waals surface area contributed by atoms with E-state index in [1.807, 2.05) is 6.07 Å². The average molecular weight is 257 g/mol. The van der Waals surface area contributed by atoms with E-state index < -0.39 is 6.10 Å². The monoisotopic (exact) mass is 256 g/mol. The number of imidazole rings is 1. The maximum absolute atomic E-state index is 9.88. The van der Waals surface area contributed by atoms with Crippen LogP contribution in [-0.4, -0.2) is 15.1 Å². The predicted molar refractivity (Wildman–Crippen MR) is 63.7 cm³/mol. The summed E-state index contributed by atoms with van der Waals surface area (Å²) < 4.78 is 0. The summed E-state index contributed by atoms with van der Waals surface area (Å²) >= 11 is 11.9. The molecule has 1 unspecified atom stereocenters. The molecular formula is C11H10Cl2N2O. The number of hydrogen-bond donors (Lipinski definition) is 2. The van der Waals surface area contributed by atoms with Crippen LogP contribution in [0.15, 0.2) is 30.6 Å². The van der Waals surface area contributed by atoms with Gasteiger partial charge in [0.15, 0.2) is 0 Å². The van der Waals surface area contributed by atoms with Crippen LogP contribution in [0.3, 0.4) is 0 Å². The molecule has 3 nitrogen and oxygen atoms in total. The molecule has 0 saturated carbocycles. The van der Waals surface area contributed by atoms with Gasteiger partial charge in [-0.05, 0) is 11.6 Å². The van der Waals surface area contributed by atoms with E-state index in [1.54, 1.807) is 24.5 Å². The molecule has 0 radical (unpaired) electrons. The molecule has 1 heterocycles. The number of benzene rings is 1. The van der Waals surface area contributed by atoms with Gasteiger partial charge in [0.2, 0.25) is 0 Å². The van der Waals surface area contributed by atoms with Crippen LogP contribution in [0, 0.1) is 0 Å². The highest BCUT2D eigenvalue weighted by atomic mass is 35.5. The quantitative estimate of drug-likeness (QED) is 0.887. The van der Waals surface area contributed by atoms with E-state index in [0.717, 1.165) is 5.56 Å². The molecule has 0 aliphatic heterocycles. The number of aliphatic hydroxyl groups is 1. The fourth-order valence-corrected chi connectivity index (χ4v) is 1.87. The highest BCUT2D eigenvalue weighted by molar-refractivity contribution is 6.42. The number of rotatable bonds is 3. The van der Waals surface area contributed by atoms with Crippen LogP contribution < -0.4 is 0 Å². The Morgan fingerprint density at radius 1 is 1.38 bits per heavy atom. The van der Waals surface area contributed by atoms with Crippen LogP contribution in [0.2, 0.25) is 10.0 Å². The zero-order valence-corrected chi connectivity index (χ0v) is 9.83. The van der Waals surface area contributed by atoms with E-state index in [-0.39, 0.29) is 0 Å². The van der Waals surface area contributed by atoms with Gasteiger partial charge in [0, 0.05) is 18.8 Å². The average Bonchev–Trinajstić information content (AvgIpc) is 2.78. The van der Waals surface area contributed by atoms with Crippen LogP contribution in [-0.2, 0) is 6.42 Å². The van der Waals surface area contributed by atoms with E-state index in [9.17, 15) is 5.11 Å². The van der Waals surface area contributed by atoms with Crippen molar-refractivity contribution in [2.24, 2.45) is 0 Å². The Hall–Kier alpha value is -1.03. The van der Waals surface area contributed by atoms with Crippen LogP contribution in [0.4, 0.5) is 0 Å². The SMILES string of the molecule is OC(Cc1cccc(Cl)c1Cl)c1ncc[nH]1. The summed E-state index contributed by atoms with van der Waals surface area (Å²) in [6, 6.07) is 5.35. The summed E-state index contributed by atoms with van der Waals surface area (Å²) in [4.78, 5) is 6.84. The molecule has 0 fully saturated rings. The van der Waals surface area contributed by atoms with Gasteiger partial charge in [0.1, 0.15) is 11.9 Å². The molecule has 0 amide bonds. The molecular weight excluding hydrogens is 247 g/mol. The third-order valence-corrected chi connectivity index (χ3v) is 3.14. The third kappa shape index (κ3) is 2.38. The Morgan fingerprint density at radius 3 is 2.88 bits per heavy atom. The van der Waals surface area contributed by atoms with Gasteiger partial charge in [0.05, 0.1) is 10.0 Å². The van der Waals surface area contributed by atoms with Gasteiger partial charge in [-0.3, -0.25) is 0 Å². The van der Waals surface area contributed by atoms with Gasteiger partial charge in [-0.2, -0.15) is 0 Å². The molecule has 16 heavy (non-hydrogen) atoms. The zero-order chi connectivity index (χ0) is 11.5. The lowest BCUT2D eigenvalue weighted by atomic mass is 10.1. The molecule has 5 heteroatoms. The summed E-state index contributed by atoms with van der Waals surface area (Å²) in [6.07, 6.45) is 2.94. The molecule has 84 valence electrons. The van der Waals surface area contributed by atoms with Crippen molar-refractivity contribution in [3.8, 4) is 0 Å². The summed E-state index contributed by atoms with van der Waals surface area (Å²) in [5.41, 5.74) is 0.804. The van der Waals surface area contributed by atoms with Crippen molar-refractivity contribution in [3.63, 3.8) is 0 Å². The molecule has 2 N–H and O–H groups in total. The van der Waals surface area contributed by atoms with Crippen molar-refractivity contribution in [3.05, 3.63) is 52.0 Å². The smallest absolute Gasteiger partial charge is 0.135 e. The highest BCUT2D eigenvalue weighted by Gasteiger charge is 2.13. The first-order chi connectivity index (χ1) is 7.68. The number of halogens is 2. The number of H-pyrrole nitrogens is 1. The maximum Gasteiger partial charge on any atom is 0.135 e. The topological polar surface area (TPSA) is 48.9 Å². The molecule has 0 aliphatic rings. The Labute approximate surface area is 103 Å². The van der Waals surface area contributed by atoms with Crippen LogP contribution >= 0.6 is 23.2 Å². The first-order valence-electron chi connectivity index (χ1n) is 4.78. The second-order valence-electron chi connectivity index (χ2n) is 3.41. The fraction of sp³-hybridized carbons (Fsp3) is 0.182. The van der Waals surface area contributed by atoms with Crippen molar-refractivity contribution in [1.82, 2.24) is 9.97 Å². The zero-order valence-electron chi connectivity index (χ0n) is 8.32. The number of aromatic nitrogens is 2. The molecule has 1 aromatic heterocycles. The predicted octanol–water partition coefficient (Wildman–Crippen LogP) is 2.99. The lowest BCUT2D eigenvalue weighted by molar-refractivity contribution is 0.169. The number of aromatic amines is 1. The van der Waals surface area contributed by atoms with Gasteiger partial charge in [-0.15, -0.1) is 0 Å². The second-order valence-corrected chi connectivity index (χ2v) is 4.19. The van der Waals surface area contributed by atoms with E-state index in [2.05, 4.69) is 9.97 Å². The van der Waals surface area contributed by atoms with Crippen molar-refractivity contribution < 1.29 is 5.11 Å². The Bertz CT molecular complexity index is 471. The maximum atomic E-state index is 9.88. The highest BCUT2D eigenvalue weighted by Crippen LogP contribution is 2.28. The third-order valence-electron chi connectivity index (χ3n) is 2.28. The molecule has 0 spiro atoms. The summed E-state index contributed by atoms with van der Waals surface area (Å²) in [7, 11) is 0. The number of nitrogens with zero attached hydrogens (tertiary/aromatic N) is 1. The minimum absolute atomic E-state index is 0.382. The fourth-order valence-electron chi connectivity index (χ4n) is 1.47. The van der Waals surface area contributed by atoms with Gasteiger partial charge in [-0.1, -0.05) is 35.3 Å². The molecule has 0 bridgehead atoms. The van der Waals surface area contributed by atoms with Crippen LogP contribution in [0.1, 0.15) is 17.5 Å². The Kier molecular flexibility index (Phi) is 3.49. The van der Waals surface area contributed by atoms with Gasteiger partial charge < -0.3 is 10.1 Å². The lowest BCUT2D eigenvalue weighted by Gasteiger charge is -2.10. The van der Waals surface area contributed by atoms with Crippen molar-refractivity contribution in [2.75, 3.05) is 0 Å². The lowest BCUT2D eigenvalue weighted by Crippen LogP contribution is -2.04. The minimum atomic E-state index is -0.703. The van der Waals surface area contributed by atoms with E-state index in [0.29, 0.717) is 22.3 Å². The molecule has 1 atom stereocenters. The van der Waals surface area contributed by atoms with Gasteiger partial charge >= 0.3 is 0 Å². The van der Waals surface area contributed by atoms with Gasteiger partial charge in [0.25, 0.3) is 0 Å². The van der Waals surface area contributed by atoms with E-state index in [1.165, 1.54) is 0 Å². The van der Waals surface area contributed by atoms with Gasteiger partial charge in [-0.25, -0.2) is 4.98 Å². The molecule has 2 rings (SSSR count). The van der Waals surface area contributed by atoms with Crippen LogP contribution in [0.5, 0.6) is 0 Å². The Balaban J connectivity index is 2.18. The molecule has 0 saturated heterocycles. The molecule has 0 aliphatic carbocycles. The van der Waals surface area contributed by atoms with Crippen molar-refractivity contribution in [1.29, 1.82) is 0 Å². The normalized spacial score (nSPS) is 12.7. The van der Waals surface area contributed by atoms with Crippen molar-refractivity contribution in [2.45, 2.75) is 12.5 Å². The summed E-state index contributed by atoms with van der Waals surface area (Å²) in [5.74, 6) is 0.524. The Morgan fingerprint density at radius 2 is 2.19 bits per heavy atom. The van der Waals surface area contributed by atoms with Crippen LogP contribution in [0.25, 0.3) is 0 Å². The molecule has 1 aromatic carbocycles.